The molecule has 0 saturated carbocycles. The number of nitrogens with zero attached hydrogens (tertiary/aromatic N) is 2. The van der Waals surface area contributed by atoms with Crippen molar-refractivity contribution in [1.29, 1.82) is 0 Å². The number of thiol groups is 1. The van der Waals surface area contributed by atoms with Gasteiger partial charge in [-0.3, -0.25) is 0 Å². The first kappa shape index (κ1) is 12.9. The Hall–Kier alpha value is -1.11. The number of hydrogen-bond acceptors (Lipinski definition) is 4. The van der Waals surface area contributed by atoms with Crippen molar-refractivity contribution in [2.75, 3.05) is 5.32 Å². The first-order valence-electron chi connectivity index (χ1n) is 5.70. The van der Waals surface area contributed by atoms with Gasteiger partial charge in [0.15, 0.2) is 5.13 Å². The van der Waals surface area contributed by atoms with Crippen LogP contribution in [-0.2, 0) is 0 Å². The first-order valence-corrected chi connectivity index (χ1v) is 8.86. The Kier molecular flexibility index (Phi) is 3.72. The normalized spacial score (nSPS) is 15.2. The lowest BCUT2D eigenvalue weighted by Gasteiger charge is -2.15. The fraction of sp³-hybridized carbons (Fsp3) is 0.0769. The van der Waals surface area contributed by atoms with Gasteiger partial charge in [0.25, 0.3) is 0 Å². The third kappa shape index (κ3) is 2.91. The average Bonchev–Trinajstić information content (AvgIpc) is 3.03. The van der Waals surface area contributed by atoms with Gasteiger partial charge in [-0.25, -0.2) is 9.97 Å². The van der Waals surface area contributed by atoms with Crippen LogP contribution in [0.2, 0.25) is 0 Å². The average molecular weight is 354 g/mol. The molecule has 2 aromatic rings. The van der Waals surface area contributed by atoms with Crippen LogP contribution in [0.4, 0.5) is 10.9 Å². The van der Waals surface area contributed by atoms with E-state index in [-0.39, 0.29) is 0 Å². The minimum Gasteiger partial charge on any atom is -0.315 e. The van der Waals surface area contributed by atoms with Crippen LogP contribution < -0.4 is 5.32 Å². The van der Waals surface area contributed by atoms with Crippen LogP contribution in [-0.4, -0.2) is 9.97 Å². The zero-order chi connectivity index (χ0) is 13.2. The van der Waals surface area contributed by atoms with Crippen molar-refractivity contribution in [2.24, 2.45) is 0 Å². The van der Waals surface area contributed by atoms with Gasteiger partial charge in [0, 0.05) is 20.9 Å². The smallest absolute Gasteiger partial charge is 0.188 e. The van der Waals surface area contributed by atoms with E-state index in [1.54, 1.807) is 11.3 Å². The third-order valence-electron chi connectivity index (χ3n) is 2.56. The largest absolute Gasteiger partial charge is 0.315 e. The highest BCUT2D eigenvalue weighted by molar-refractivity contribution is 9.10. The summed E-state index contributed by atoms with van der Waals surface area (Å²) in [6.07, 6.45) is 5.99. The molecule has 0 atom stereocenters. The van der Waals surface area contributed by atoms with Crippen molar-refractivity contribution in [2.45, 2.75) is 11.8 Å². The Bertz CT molecular complexity index is 652. The van der Waals surface area contributed by atoms with Gasteiger partial charge < -0.3 is 5.32 Å². The van der Waals surface area contributed by atoms with E-state index in [0.29, 0.717) is 0 Å². The lowest BCUT2D eigenvalue weighted by molar-refractivity contribution is 1.19. The summed E-state index contributed by atoms with van der Waals surface area (Å²) in [5.74, 6) is 0.889. The van der Waals surface area contributed by atoms with Crippen LogP contribution >= 0.6 is 38.2 Å². The van der Waals surface area contributed by atoms with Gasteiger partial charge in [-0.15, -0.1) is 11.3 Å². The second kappa shape index (κ2) is 5.48. The van der Waals surface area contributed by atoms with Gasteiger partial charge in [-0.1, -0.05) is 12.2 Å². The van der Waals surface area contributed by atoms with Gasteiger partial charge >= 0.3 is 0 Å². The molecule has 19 heavy (non-hydrogen) atoms. The molecule has 3 heterocycles. The summed E-state index contributed by atoms with van der Waals surface area (Å²) in [5, 5.41) is 10.7. The van der Waals surface area contributed by atoms with Crippen LogP contribution in [0.1, 0.15) is 5.69 Å². The lowest BCUT2D eigenvalue weighted by atomic mass is 10.4. The van der Waals surface area contributed by atoms with Gasteiger partial charge in [0.1, 0.15) is 5.82 Å². The maximum atomic E-state index is 4.48. The summed E-state index contributed by atoms with van der Waals surface area (Å²) in [6, 6.07) is 2.13. The maximum absolute atomic E-state index is 4.48. The summed E-state index contributed by atoms with van der Waals surface area (Å²) in [7, 11) is -0.406. The molecule has 98 valence electrons. The highest BCUT2D eigenvalue weighted by Crippen LogP contribution is 2.46. The topological polar surface area (TPSA) is 37.8 Å². The Morgan fingerprint density at radius 2 is 2.11 bits per heavy atom. The van der Waals surface area contributed by atoms with Crippen LogP contribution in [0, 0.1) is 6.92 Å². The molecular formula is C13H12BrN3S2. The molecule has 0 aliphatic carbocycles. The first-order chi connectivity index (χ1) is 9.22. The summed E-state index contributed by atoms with van der Waals surface area (Å²) < 4.78 is 1.000. The summed E-state index contributed by atoms with van der Waals surface area (Å²) >= 11 is 5.09. The standard InChI is InChI=1S/C13H12BrN3S2/c1-9-8-18-13(16-9)17-12-11(6-10(14)7-15-12)19-4-2-3-5-19/h2-8,19H,1H3,(H,15,16,17). The maximum Gasteiger partial charge on any atom is 0.188 e. The Morgan fingerprint density at radius 3 is 2.79 bits per heavy atom. The highest BCUT2D eigenvalue weighted by Gasteiger charge is 2.12. The Labute approximate surface area is 127 Å². The van der Waals surface area contributed by atoms with Crippen LogP contribution in [0.15, 0.2) is 50.0 Å². The van der Waals surface area contributed by atoms with Crippen LogP contribution in [0.5, 0.6) is 0 Å². The number of rotatable bonds is 3. The van der Waals surface area contributed by atoms with E-state index in [1.807, 2.05) is 18.5 Å². The number of aromatic nitrogens is 2. The van der Waals surface area contributed by atoms with Crippen molar-refractivity contribution in [3.8, 4) is 0 Å². The number of aryl methyl sites for hydroxylation is 1. The molecule has 0 bridgehead atoms. The molecular weight excluding hydrogens is 342 g/mol. The highest BCUT2D eigenvalue weighted by atomic mass is 79.9. The second-order valence-electron chi connectivity index (χ2n) is 4.03. The van der Waals surface area contributed by atoms with Crippen LogP contribution in [0.25, 0.3) is 0 Å². The molecule has 0 radical (unpaired) electrons. The molecule has 2 aromatic heterocycles. The van der Waals surface area contributed by atoms with Crippen molar-refractivity contribution in [3.05, 3.63) is 50.8 Å². The summed E-state index contributed by atoms with van der Waals surface area (Å²) in [5.41, 5.74) is 1.03. The minimum absolute atomic E-state index is 0.406. The number of anilines is 2. The van der Waals surface area contributed by atoms with E-state index in [9.17, 15) is 0 Å². The predicted octanol–water partition coefficient (Wildman–Crippen LogP) is 4.75. The van der Waals surface area contributed by atoms with Gasteiger partial charge in [-0.05, 0) is 39.7 Å². The summed E-state index contributed by atoms with van der Waals surface area (Å²) in [4.78, 5) is 10.1. The third-order valence-corrected chi connectivity index (χ3v) is 5.75. The van der Waals surface area contributed by atoms with E-state index >= 15 is 0 Å². The Balaban J connectivity index is 1.96. The minimum atomic E-state index is -0.406. The molecule has 3 nitrogen and oxygen atoms in total. The molecule has 0 fully saturated rings. The predicted molar refractivity (Wildman–Crippen MR) is 87.6 cm³/mol. The molecule has 0 spiro atoms. The van der Waals surface area contributed by atoms with Crippen molar-refractivity contribution in [1.82, 2.24) is 9.97 Å². The lowest BCUT2D eigenvalue weighted by Crippen LogP contribution is -1.96. The molecule has 1 N–H and O–H groups in total. The number of pyridine rings is 1. The molecule has 1 aliphatic heterocycles. The van der Waals surface area contributed by atoms with Crippen LogP contribution in [0.3, 0.4) is 0 Å². The number of nitrogens with one attached hydrogen (secondary N) is 1. The van der Waals surface area contributed by atoms with E-state index in [0.717, 1.165) is 21.1 Å². The number of thiazole rings is 1. The number of halogens is 1. The zero-order valence-electron chi connectivity index (χ0n) is 10.2. The SMILES string of the molecule is Cc1csc(Nc2ncc(Br)cc2[SH]2C=CC=C2)n1. The van der Waals surface area contributed by atoms with Crippen molar-refractivity contribution in [3.63, 3.8) is 0 Å². The molecule has 1 aliphatic rings. The molecule has 0 amide bonds. The summed E-state index contributed by atoms with van der Waals surface area (Å²) in [6.45, 7) is 1.99. The molecule has 0 aromatic carbocycles. The number of allylic oxidation sites excluding steroid dienone is 2. The molecule has 6 heteroatoms. The second-order valence-corrected chi connectivity index (χ2v) is 7.70. The molecule has 0 unspecified atom stereocenters. The van der Waals surface area contributed by atoms with Crippen molar-refractivity contribution < 1.29 is 0 Å². The fourth-order valence-electron chi connectivity index (χ4n) is 1.73. The molecule has 3 rings (SSSR count). The molecule has 0 saturated heterocycles. The van der Waals surface area contributed by atoms with Gasteiger partial charge in [0.05, 0.1) is 5.69 Å². The number of hydrogen-bond donors (Lipinski definition) is 2. The van der Waals surface area contributed by atoms with Gasteiger partial charge in [-0.2, -0.15) is 10.9 Å². The zero-order valence-corrected chi connectivity index (χ0v) is 13.5. The van der Waals surface area contributed by atoms with Crippen molar-refractivity contribution >= 4 is 49.1 Å². The van der Waals surface area contributed by atoms with Gasteiger partial charge in [0.2, 0.25) is 0 Å². The monoisotopic (exact) mass is 353 g/mol. The van der Waals surface area contributed by atoms with E-state index in [1.165, 1.54) is 4.90 Å². The Morgan fingerprint density at radius 1 is 1.32 bits per heavy atom. The fourth-order valence-corrected chi connectivity index (χ4v) is 4.56. The van der Waals surface area contributed by atoms with E-state index < -0.39 is 10.9 Å². The van der Waals surface area contributed by atoms with E-state index in [4.69, 9.17) is 0 Å². The quantitative estimate of drug-likeness (QED) is 0.781. The van der Waals surface area contributed by atoms with E-state index in [2.05, 4.69) is 60.2 Å².